The molecule has 1 aromatic carbocycles. The topological polar surface area (TPSA) is 0 Å². The summed E-state index contributed by atoms with van der Waals surface area (Å²) < 4.78 is 14.9. The molecule has 2 atom stereocenters. The molecule has 0 nitrogen and oxygen atoms in total. The van der Waals surface area contributed by atoms with E-state index in [0.717, 1.165) is 50.5 Å². The van der Waals surface area contributed by atoms with Crippen LogP contribution in [0.25, 0.3) is 0 Å². The van der Waals surface area contributed by atoms with Crippen LogP contribution in [-0.2, 0) is 5.41 Å². The maximum absolute atomic E-state index is 14.9. The lowest BCUT2D eigenvalue weighted by Gasteiger charge is -2.40. The van der Waals surface area contributed by atoms with Crippen LogP contribution in [0.4, 0.5) is 4.39 Å². The summed E-state index contributed by atoms with van der Waals surface area (Å²) in [6.45, 7) is 0. The zero-order valence-corrected chi connectivity index (χ0v) is 19.2. The molecule has 0 amide bonds. The molecule has 31 heavy (non-hydrogen) atoms. The molecule has 1 aromatic rings. The van der Waals surface area contributed by atoms with E-state index < -0.39 is 0 Å². The first-order chi connectivity index (χ1) is 15.2. The van der Waals surface area contributed by atoms with Crippen molar-refractivity contribution in [2.45, 2.75) is 55.2 Å². The first-order valence-electron chi connectivity index (χ1n) is 11.5. The maximum atomic E-state index is 14.9. The average molecular weight is 473 g/mol. The van der Waals surface area contributed by atoms with Gasteiger partial charge in [-0.05, 0) is 90.0 Å². The van der Waals surface area contributed by atoms with E-state index in [1.807, 2.05) is 0 Å². The Bertz CT molecular complexity index is 1170. The Morgan fingerprint density at radius 2 is 1.81 bits per heavy atom. The Kier molecular flexibility index (Phi) is 4.68. The molecule has 0 radical (unpaired) electrons. The largest absolute Gasteiger partial charge is 0.207 e. The summed E-state index contributed by atoms with van der Waals surface area (Å²) in [5.74, 6) is 0.0186. The van der Waals surface area contributed by atoms with E-state index in [0.29, 0.717) is 4.83 Å². The summed E-state index contributed by atoms with van der Waals surface area (Å²) in [6.07, 6.45) is 20.2. The van der Waals surface area contributed by atoms with E-state index in [1.165, 1.54) is 39.0 Å². The number of hydrogen-bond acceptors (Lipinski definition) is 0. The smallest absolute Gasteiger partial charge is 0.122 e. The van der Waals surface area contributed by atoms with E-state index in [2.05, 4.69) is 76.6 Å². The van der Waals surface area contributed by atoms with Gasteiger partial charge in [-0.3, -0.25) is 0 Å². The molecule has 2 unspecified atom stereocenters. The van der Waals surface area contributed by atoms with Gasteiger partial charge in [0.2, 0.25) is 0 Å². The van der Waals surface area contributed by atoms with Crippen molar-refractivity contribution in [3.05, 3.63) is 117 Å². The molecule has 0 aliphatic heterocycles. The summed E-state index contributed by atoms with van der Waals surface area (Å²) in [5.41, 5.74) is 10.5. The van der Waals surface area contributed by atoms with E-state index >= 15 is 0 Å². The highest BCUT2D eigenvalue weighted by atomic mass is 79.9. The molecule has 5 aliphatic carbocycles. The molecule has 0 N–H and O–H groups in total. The number of benzene rings is 1. The molecule has 0 saturated heterocycles. The third-order valence-corrected chi connectivity index (χ3v) is 8.25. The summed E-state index contributed by atoms with van der Waals surface area (Å²) in [6, 6.07) is 11.1. The number of allylic oxidation sites excluding steroid dienone is 14. The van der Waals surface area contributed by atoms with Crippen molar-refractivity contribution in [3.8, 4) is 0 Å². The molecule has 156 valence electrons. The van der Waals surface area contributed by atoms with Gasteiger partial charge in [0.05, 0.1) is 5.41 Å². The Balaban J connectivity index is 1.71. The molecular formula is C29H26BrF. The minimum Gasteiger partial charge on any atom is -0.207 e. The Hall–Kier alpha value is -2.19. The Labute approximate surface area is 192 Å². The van der Waals surface area contributed by atoms with Crippen LogP contribution in [0.5, 0.6) is 0 Å². The fraction of sp³-hybridized carbons (Fsp3) is 0.310. The quantitative estimate of drug-likeness (QED) is 0.379. The van der Waals surface area contributed by atoms with Crippen molar-refractivity contribution in [3.63, 3.8) is 0 Å². The second-order valence-corrected chi connectivity index (χ2v) is 10.3. The van der Waals surface area contributed by atoms with Crippen molar-refractivity contribution >= 4 is 15.9 Å². The Morgan fingerprint density at radius 1 is 0.935 bits per heavy atom. The van der Waals surface area contributed by atoms with Crippen molar-refractivity contribution in [2.75, 3.05) is 0 Å². The van der Waals surface area contributed by atoms with Crippen LogP contribution in [0.15, 0.2) is 112 Å². The van der Waals surface area contributed by atoms with Gasteiger partial charge < -0.3 is 0 Å². The summed E-state index contributed by atoms with van der Waals surface area (Å²) in [5, 5.41) is 0. The van der Waals surface area contributed by atoms with Gasteiger partial charge in [0.15, 0.2) is 0 Å². The van der Waals surface area contributed by atoms with Crippen molar-refractivity contribution in [2.24, 2.45) is 0 Å². The molecule has 0 fully saturated rings. The molecule has 0 heterocycles. The van der Waals surface area contributed by atoms with Crippen LogP contribution in [0, 0.1) is 0 Å². The molecule has 0 bridgehead atoms. The standard InChI is InChI=1S/C29H26BrF/c30-21-14-15-24-26(18-21)29(19-8-3-1-4-9-19,20-10-5-2-6-11-20)25-17-16-22-23(28(24)25)12-7-13-27(22)31/h1-5,8-10,13,15,18,21H,6-7,11-12,14,16-17H2. The van der Waals surface area contributed by atoms with Crippen LogP contribution >= 0.6 is 15.9 Å². The third-order valence-electron chi connectivity index (χ3n) is 7.61. The van der Waals surface area contributed by atoms with Gasteiger partial charge in [0.25, 0.3) is 0 Å². The zero-order valence-electron chi connectivity index (χ0n) is 17.6. The minimum absolute atomic E-state index is 0.0186. The highest BCUT2D eigenvalue weighted by Gasteiger charge is 2.53. The van der Waals surface area contributed by atoms with E-state index in [9.17, 15) is 4.39 Å². The normalized spacial score (nSPS) is 29.5. The van der Waals surface area contributed by atoms with E-state index in [4.69, 9.17) is 0 Å². The van der Waals surface area contributed by atoms with E-state index in [-0.39, 0.29) is 11.2 Å². The molecule has 6 rings (SSSR count). The second kappa shape index (κ2) is 7.45. The first-order valence-corrected chi connectivity index (χ1v) is 12.4. The van der Waals surface area contributed by atoms with Gasteiger partial charge >= 0.3 is 0 Å². The van der Waals surface area contributed by atoms with Crippen LogP contribution in [-0.4, -0.2) is 4.83 Å². The number of hydrogen-bond donors (Lipinski definition) is 0. The first kappa shape index (κ1) is 19.5. The van der Waals surface area contributed by atoms with Crippen LogP contribution in [0.1, 0.15) is 50.5 Å². The lowest BCUT2D eigenvalue weighted by Crippen LogP contribution is -2.33. The van der Waals surface area contributed by atoms with Crippen molar-refractivity contribution in [1.29, 1.82) is 0 Å². The molecule has 2 heteroatoms. The molecule has 0 aromatic heterocycles. The third kappa shape index (κ3) is 2.77. The predicted octanol–water partition coefficient (Wildman–Crippen LogP) is 8.27. The fourth-order valence-corrected chi connectivity index (χ4v) is 6.91. The van der Waals surface area contributed by atoms with Gasteiger partial charge in [-0.25, -0.2) is 4.39 Å². The highest BCUT2D eigenvalue weighted by molar-refractivity contribution is 9.09. The number of alkyl halides is 1. The minimum atomic E-state index is -0.226. The summed E-state index contributed by atoms with van der Waals surface area (Å²) in [7, 11) is 0. The van der Waals surface area contributed by atoms with Gasteiger partial charge in [0, 0.05) is 4.83 Å². The fourth-order valence-electron chi connectivity index (χ4n) is 6.46. The maximum Gasteiger partial charge on any atom is 0.122 e. The van der Waals surface area contributed by atoms with Gasteiger partial charge in [-0.2, -0.15) is 0 Å². The van der Waals surface area contributed by atoms with Gasteiger partial charge in [0.1, 0.15) is 5.83 Å². The zero-order chi connectivity index (χ0) is 21.0. The lowest BCUT2D eigenvalue weighted by atomic mass is 9.62. The number of halogens is 2. The Morgan fingerprint density at radius 3 is 2.61 bits per heavy atom. The predicted molar refractivity (Wildman–Crippen MR) is 130 cm³/mol. The lowest BCUT2D eigenvalue weighted by molar-refractivity contribution is 0.591. The van der Waals surface area contributed by atoms with Gasteiger partial charge in [-0.1, -0.05) is 82.2 Å². The molecule has 0 saturated carbocycles. The summed E-state index contributed by atoms with van der Waals surface area (Å²) >= 11 is 3.90. The monoisotopic (exact) mass is 472 g/mol. The van der Waals surface area contributed by atoms with Gasteiger partial charge in [-0.15, -0.1) is 0 Å². The van der Waals surface area contributed by atoms with Crippen molar-refractivity contribution in [1.82, 2.24) is 0 Å². The number of rotatable bonds is 2. The van der Waals surface area contributed by atoms with Crippen LogP contribution in [0.3, 0.4) is 0 Å². The van der Waals surface area contributed by atoms with Crippen LogP contribution in [0.2, 0.25) is 0 Å². The van der Waals surface area contributed by atoms with Crippen LogP contribution < -0.4 is 0 Å². The number of fused-ring (bicyclic) bond motifs is 3. The van der Waals surface area contributed by atoms with Crippen molar-refractivity contribution < 1.29 is 4.39 Å². The molecule has 0 spiro atoms. The SMILES string of the molecule is FC1=CCCC2=C1CCC1=C2C2=CCC(Br)C=C2C1(C1=CC=CCC1)c1ccccc1. The van der Waals surface area contributed by atoms with E-state index in [1.54, 1.807) is 6.08 Å². The molecule has 5 aliphatic rings. The highest BCUT2D eigenvalue weighted by Crippen LogP contribution is 2.63. The molecular weight excluding hydrogens is 447 g/mol. The second-order valence-electron chi connectivity index (χ2n) is 9.13. The average Bonchev–Trinajstić information content (AvgIpc) is 3.11. The summed E-state index contributed by atoms with van der Waals surface area (Å²) in [4.78, 5) is 0.340.